The lowest BCUT2D eigenvalue weighted by Gasteiger charge is -2.31. The molecule has 1 heterocycles. The number of carbonyl (C=O) groups excluding carboxylic acids is 1. The third-order valence-corrected chi connectivity index (χ3v) is 3.68. The Hall–Kier alpha value is -1.31. The number of carbonyl (C=O) groups is 1. The summed E-state index contributed by atoms with van der Waals surface area (Å²) in [4.78, 5) is 13.6. The van der Waals surface area contributed by atoms with Crippen LogP contribution in [0.4, 0.5) is 0 Å². The van der Waals surface area contributed by atoms with Crippen molar-refractivity contribution in [3.63, 3.8) is 0 Å². The first kappa shape index (κ1) is 8.96. The first-order valence-electron chi connectivity index (χ1n) is 5.66. The molecule has 78 valence electrons. The molecule has 0 spiro atoms. The lowest BCUT2D eigenvalue weighted by molar-refractivity contribution is -0.124. The maximum absolute atomic E-state index is 11.7. The van der Waals surface area contributed by atoms with Crippen LogP contribution in [-0.2, 0) is 4.79 Å². The van der Waals surface area contributed by atoms with E-state index in [9.17, 15) is 4.79 Å². The van der Waals surface area contributed by atoms with Gasteiger partial charge in [-0.1, -0.05) is 12.7 Å². The van der Waals surface area contributed by atoms with E-state index in [-0.39, 0.29) is 5.91 Å². The van der Waals surface area contributed by atoms with Crippen LogP contribution < -0.4 is 0 Å². The minimum Gasteiger partial charge on any atom is -0.309 e. The monoisotopic (exact) mass is 201 g/mol. The third-order valence-electron chi connectivity index (χ3n) is 3.68. The fourth-order valence-corrected chi connectivity index (χ4v) is 2.80. The van der Waals surface area contributed by atoms with Crippen molar-refractivity contribution >= 4 is 5.91 Å². The van der Waals surface area contributed by atoms with Crippen LogP contribution in [0.1, 0.15) is 19.3 Å². The van der Waals surface area contributed by atoms with Gasteiger partial charge in [0.1, 0.15) is 0 Å². The van der Waals surface area contributed by atoms with Gasteiger partial charge in [-0.2, -0.15) is 0 Å². The SMILES string of the molecule is C=CC(=O)N1CCCC2=C1C=CC1CC21. The van der Waals surface area contributed by atoms with E-state index < -0.39 is 0 Å². The Kier molecular flexibility index (Phi) is 1.84. The fraction of sp³-hybridized carbons (Fsp3) is 0.462. The van der Waals surface area contributed by atoms with Gasteiger partial charge in [-0.3, -0.25) is 4.79 Å². The quantitative estimate of drug-likeness (QED) is 0.596. The summed E-state index contributed by atoms with van der Waals surface area (Å²) in [6.07, 6.45) is 9.41. The molecule has 3 aliphatic rings. The maximum Gasteiger partial charge on any atom is 0.250 e. The average Bonchev–Trinajstić information content (AvgIpc) is 3.06. The molecule has 2 nitrogen and oxygen atoms in total. The van der Waals surface area contributed by atoms with Crippen LogP contribution in [-0.4, -0.2) is 17.4 Å². The molecule has 0 radical (unpaired) electrons. The standard InChI is InChI=1S/C13H15NO/c1-2-13(15)14-7-3-4-10-11-8-9(11)5-6-12(10)14/h2,5-6,9,11H,1,3-4,7-8H2. The Morgan fingerprint density at radius 3 is 3.27 bits per heavy atom. The van der Waals surface area contributed by atoms with Crippen molar-refractivity contribution in [3.8, 4) is 0 Å². The van der Waals surface area contributed by atoms with Gasteiger partial charge in [0.2, 0.25) is 5.91 Å². The molecule has 1 saturated carbocycles. The molecule has 3 rings (SSSR count). The Bertz CT molecular complexity index is 391. The molecular weight excluding hydrogens is 186 g/mol. The molecular formula is C13H15NO. The molecule has 0 bridgehead atoms. The average molecular weight is 201 g/mol. The molecule has 1 fully saturated rings. The highest BCUT2D eigenvalue weighted by Gasteiger charge is 2.43. The van der Waals surface area contributed by atoms with E-state index in [4.69, 9.17) is 0 Å². The van der Waals surface area contributed by atoms with Gasteiger partial charge < -0.3 is 4.90 Å². The number of rotatable bonds is 1. The minimum atomic E-state index is 0.0472. The van der Waals surface area contributed by atoms with Crippen LogP contribution in [0.2, 0.25) is 0 Å². The molecule has 0 aromatic heterocycles. The zero-order chi connectivity index (χ0) is 10.4. The summed E-state index contributed by atoms with van der Waals surface area (Å²) in [6, 6.07) is 0. The van der Waals surface area contributed by atoms with Gasteiger partial charge in [0, 0.05) is 12.2 Å². The van der Waals surface area contributed by atoms with Gasteiger partial charge in [0.15, 0.2) is 0 Å². The molecule has 0 aromatic rings. The first-order valence-corrected chi connectivity index (χ1v) is 5.66. The highest BCUT2D eigenvalue weighted by molar-refractivity contribution is 5.89. The van der Waals surface area contributed by atoms with Crippen LogP contribution in [0.3, 0.4) is 0 Å². The van der Waals surface area contributed by atoms with E-state index in [0.717, 1.165) is 24.8 Å². The van der Waals surface area contributed by atoms with Gasteiger partial charge in [-0.05, 0) is 48.8 Å². The van der Waals surface area contributed by atoms with Crippen molar-refractivity contribution in [3.05, 3.63) is 36.1 Å². The van der Waals surface area contributed by atoms with Crippen molar-refractivity contribution in [1.29, 1.82) is 0 Å². The van der Waals surface area contributed by atoms with Crippen LogP contribution in [0, 0.1) is 11.8 Å². The largest absolute Gasteiger partial charge is 0.309 e. The molecule has 15 heavy (non-hydrogen) atoms. The van der Waals surface area contributed by atoms with Crippen LogP contribution >= 0.6 is 0 Å². The van der Waals surface area contributed by atoms with Gasteiger partial charge in [-0.25, -0.2) is 0 Å². The van der Waals surface area contributed by atoms with Crippen molar-refractivity contribution < 1.29 is 4.79 Å². The lowest BCUT2D eigenvalue weighted by Crippen LogP contribution is -2.33. The van der Waals surface area contributed by atoms with Crippen LogP contribution in [0.15, 0.2) is 36.1 Å². The molecule has 2 atom stereocenters. The molecule has 1 aliphatic heterocycles. The zero-order valence-corrected chi connectivity index (χ0v) is 8.78. The number of amides is 1. The summed E-state index contributed by atoms with van der Waals surface area (Å²) in [5, 5.41) is 0. The van der Waals surface area contributed by atoms with Gasteiger partial charge in [0.05, 0.1) is 0 Å². The second-order valence-corrected chi connectivity index (χ2v) is 4.57. The predicted octanol–water partition coefficient (Wildman–Crippen LogP) is 2.25. The van der Waals surface area contributed by atoms with Crippen molar-refractivity contribution in [2.24, 2.45) is 11.8 Å². The van der Waals surface area contributed by atoms with Gasteiger partial charge in [0.25, 0.3) is 0 Å². The van der Waals surface area contributed by atoms with Crippen molar-refractivity contribution in [2.75, 3.05) is 6.54 Å². The van der Waals surface area contributed by atoms with Crippen molar-refractivity contribution in [2.45, 2.75) is 19.3 Å². The Labute approximate surface area is 90.0 Å². The summed E-state index contributed by atoms with van der Waals surface area (Å²) in [5.74, 6) is 1.58. The van der Waals surface area contributed by atoms with Crippen LogP contribution in [0.5, 0.6) is 0 Å². The highest BCUT2D eigenvalue weighted by Crippen LogP contribution is 2.52. The number of hydrogen-bond acceptors (Lipinski definition) is 1. The Morgan fingerprint density at radius 1 is 1.60 bits per heavy atom. The van der Waals surface area contributed by atoms with Gasteiger partial charge >= 0.3 is 0 Å². The Morgan fingerprint density at radius 2 is 2.47 bits per heavy atom. The summed E-state index contributed by atoms with van der Waals surface area (Å²) < 4.78 is 0. The molecule has 0 aromatic carbocycles. The van der Waals surface area contributed by atoms with E-state index in [1.807, 2.05) is 4.90 Å². The summed E-state index contributed by atoms with van der Waals surface area (Å²) in [5.41, 5.74) is 2.69. The fourth-order valence-electron chi connectivity index (χ4n) is 2.80. The lowest BCUT2D eigenvalue weighted by atomic mass is 9.93. The normalized spacial score (nSPS) is 32.1. The zero-order valence-electron chi connectivity index (χ0n) is 8.78. The molecule has 1 amide bonds. The summed E-state index contributed by atoms with van der Waals surface area (Å²) >= 11 is 0. The van der Waals surface area contributed by atoms with E-state index in [0.29, 0.717) is 0 Å². The van der Waals surface area contributed by atoms with E-state index in [2.05, 4.69) is 18.7 Å². The maximum atomic E-state index is 11.7. The Balaban J connectivity index is 1.97. The number of allylic oxidation sites excluding steroid dienone is 3. The van der Waals surface area contributed by atoms with E-state index in [1.54, 1.807) is 0 Å². The summed E-state index contributed by atoms with van der Waals surface area (Å²) in [6.45, 7) is 4.42. The number of fused-ring (bicyclic) bond motifs is 2. The molecule has 0 N–H and O–H groups in total. The second kappa shape index (κ2) is 3.09. The third kappa shape index (κ3) is 1.28. The first-order chi connectivity index (χ1) is 7.31. The predicted molar refractivity (Wildman–Crippen MR) is 58.9 cm³/mol. The van der Waals surface area contributed by atoms with Crippen LogP contribution in [0.25, 0.3) is 0 Å². The number of hydrogen-bond donors (Lipinski definition) is 0. The topological polar surface area (TPSA) is 20.3 Å². The smallest absolute Gasteiger partial charge is 0.250 e. The minimum absolute atomic E-state index is 0.0472. The molecule has 2 unspecified atom stereocenters. The van der Waals surface area contributed by atoms with Crippen molar-refractivity contribution in [1.82, 2.24) is 4.90 Å². The highest BCUT2D eigenvalue weighted by atomic mass is 16.2. The van der Waals surface area contributed by atoms with E-state index >= 15 is 0 Å². The van der Waals surface area contributed by atoms with E-state index in [1.165, 1.54) is 30.2 Å². The number of nitrogens with zero attached hydrogens (tertiary/aromatic N) is 1. The molecule has 0 saturated heterocycles. The molecule has 2 aliphatic carbocycles. The second-order valence-electron chi connectivity index (χ2n) is 4.57. The summed E-state index contributed by atoms with van der Waals surface area (Å²) in [7, 11) is 0. The van der Waals surface area contributed by atoms with Gasteiger partial charge in [-0.15, -0.1) is 0 Å². The molecule has 2 heteroatoms.